The van der Waals surface area contributed by atoms with Crippen molar-refractivity contribution in [2.24, 2.45) is 17.3 Å². The summed E-state index contributed by atoms with van der Waals surface area (Å²) in [5, 5.41) is 0. The standard InChI is InChI=1S/C22H36O5/c1-16-11-9-7-8-10-12-18(15-25-5)27-19(23)13-14-22(3,4)21(24)17(2)20(16)26-6/h8,10,13-14,16-18,20H,7,9,11-12,15H2,1-6H3/b10-8+,14-13+. The molecule has 0 spiro atoms. The molecule has 154 valence electrons. The Bertz CT molecular complexity index is 535. The van der Waals surface area contributed by atoms with Gasteiger partial charge in [0.25, 0.3) is 0 Å². The Morgan fingerprint density at radius 3 is 2.52 bits per heavy atom. The van der Waals surface area contributed by atoms with Crippen LogP contribution in [0.1, 0.15) is 53.4 Å². The van der Waals surface area contributed by atoms with E-state index in [-0.39, 0.29) is 29.8 Å². The van der Waals surface area contributed by atoms with Crippen LogP contribution >= 0.6 is 0 Å². The zero-order valence-corrected chi connectivity index (χ0v) is 17.7. The molecular formula is C22H36O5. The second-order valence-corrected chi connectivity index (χ2v) is 8.04. The zero-order valence-electron chi connectivity index (χ0n) is 17.7. The summed E-state index contributed by atoms with van der Waals surface area (Å²) in [5.41, 5.74) is -0.775. The molecule has 0 aromatic heterocycles. The van der Waals surface area contributed by atoms with Crippen LogP contribution in [0.4, 0.5) is 0 Å². The van der Waals surface area contributed by atoms with Crippen LogP contribution in [0.25, 0.3) is 0 Å². The predicted molar refractivity (Wildman–Crippen MR) is 106 cm³/mol. The first-order chi connectivity index (χ1) is 12.7. The summed E-state index contributed by atoms with van der Waals surface area (Å²) >= 11 is 0. The van der Waals surface area contributed by atoms with Crippen molar-refractivity contribution >= 4 is 11.8 Å². The number of cyclic esters (lactones) is 1. The lowest BCUT2D eigenvalue weighted by atomic mass is 9.76. The molecule has 5 nitrogen and oxygen atoms in total. The lowest BCUT2D eigenvalue weighted by molar-refractivity contribution is -0.145. The van der Waals surface area contributed by atoms with Gasteiger partial charge in [-0.3, -0.25) is 4.79 Å². The van der Waals surface area contributed by atoms with E-state index >= 15 is 0 Å². The highest BCUT2D eigenvalue weighted by atomic mass is 16.6. The number of carbonyl (C=O) groups excluding carboxylic acids is 2. The van der Waals surface area contributed by atoms with Crippen molar-refractivity contribution in [2.45, 2.75) is 65.6 Å². The molecule has 0 aromatic rings. The summed E-state index contributed by atoms with van der Waals surface area (Å²) in [6.07, 6.45) is 10.3. The average molecular weight is 381 g/mol. The zero-order chi connectivity index (χ0) is 20.4. The molecule has 0 bridgehead atoms. The van der Waals surface area contributed by atoms with E-state index in [2.05, 4.69) is 13.0 Å². The smallest absolute Gasteiger partial charge is 0.330 e. The van der Waals surface area contributed by atoms with Crippen LogP contribution in [0.3, 0.4) is 0 Å². The normalized spacial score (nSPS) is 33.3. The second-order valence-electron chi connectivity index (χ2n) is 8.04. The molecule has 1 heterocycles. The van der Waals surface area contributed by atoms with Crippen LogP contribution in [-0.4, -0.2) is 44.8 Å². The number of allylic oxidation sites excluding steroid dienone is 2. The molecule has 0 aliphatic carbocycles. The third-order valence-electron chi connectivity index (χ3n) is 5.24. The first kappa shape index (κ1) is 23.6. The van der Waals surface area contributed by atoms with E-state index in [0.717, 1.165) is 19.3 Å². The van der Waals surface area contributed by atoms with Gasteiger partial charge in [-0.25, -0.2) is 4.79 Å². The first-order valence-corrected chi connectivity index (χ1v) is 9.83. The summed E-state index contributed by atoms with van der Waals surface area (Å²) in [4.78, 5) is 25.2. The van der Waals surface area contributed by atoms with Gasteiger partial charge in [0.1, 0.15) is 11.9 Å². The topological polar surface area (TPSA) is 61.8 Å². The molecule has 0 saturated heterocycles. The van der Waals surface area contributed by atoms with Crippen molar-refractivity contribution in [3.8, 4) is 0 Å². The largest absolute Gasteiger partial charge is 0.456 e. The van der Waals surface area contributed by atoms with Gasteiger partial charge in [0, 0.05) is 38.0 Å². The minimum absolute atomic E-state index is 0.0608. The highest BCUT2D eigenvalue weighted by Gasteiger charge is 2.36. The van der Waals surface area contributed by atoms with E-state index in [4.69, 9.17) is 14.2 Å². The Hall–Kier alpha value is -1.46. The van der Waals surface area contributed by atoms with Crippen molar-refractivity contribution in [1.29, 1.82) is 0 Å². The number of ether oxygens (including phenoxy) is 3. The predicted octanol–water partition coefficient (Wildman–Crippen LogP) is 4.11. The molecule has 0 fully saturated rings. The van der Waals surface area contributed by atoms with Crippen LogP contribution in [0.5, 0.6) is 0 Å². The summed E-state index contributed by atoms with van der Waals surface area (Å²) in [6.45, 7) is 8.05. The monoisotopic (exact) mass is 380 g/mol. The lowest BCUT2D eigenvalue weighted by Crippen LogP contribution is -2.39. The molecule has 0 saturated carbocycles. The molecule has 0 N–H and O–H groups in total. The summed E-state index contributed by atoms with van der Waals surface area (Å²) in [6, 6.07) is 0. The number of carbonyl (C=O) groups is 2. The van der Waals surface area contributed by atoms with E-state index in [1.807, 2.05) is 26.8 Å². The van der Waals surface area contributed by atoms with Crippen LogP contribution in [0.15, 0.2) is 24.3 Å². The number of hydrogen-bond donors (Lipinski definition) is 0. The van der Waals surface area contributed by atoms with Gasteiger partial charge in [0.2, 0.25) is 0 Å². The Labute approximate surface area is 164 Å². The molecule has 1 aliphatic rings. The van der Waals surface area contributed by atoms with Crippen LogP contribution in [0.2, 0.25) is 0 Å². The van der Waals surface area contributed by atoms with Crippen LogP contribution in [0, 0.1) is 17.3 Å². The summed E-state index contributed by atoms with van der Waals surface area (Å²) < 4.78 is 16.3. The number of esters is 1. The molecule has 5 heteroatoms. The Kier molecular flexibility index (Phi) is 9.95. The highest BCUT2D eigenvalue weighted by molar-refractivity contribution is 5.90. The SMILES string of the molecule is COCC1C/C=C/CCCC(C)C(OC)C(C)C(=O)C(C)(C)/C=C/C(=O)O1. The van der Waals surface area contributed by atoms with Crippen molar-refractivity contribution < 1.29 is 23.8 Å². The molecule has 0 aromatic carbocycles. The van der Waals surface area contributed by atoms with Crippen molar-refractivity contribution in [3.05, 3.63) is 24.3 Å². The minimum Gasteiger partial charge on any atom is -0.456 e. The Balaban J connectivity index is 3.05. The molecule has 1 rings (SSSR count). The molecule has 0 radical (unpaired) electrons. The van der Waals surface area contributed by atoms with Gasteiger partial charge in [-0.1, -0.05) is 32.1 Å². The highest BCUT2D eigenvalue weighted by Crippen LogP contribution is 2.30. The third-order valence-corrected chi connectivity index (χ3v) is 5.24. The molecular weight excluding hydrogens is 344 g/mol. The Morgan fingerprint density at radius 2 is 1.89 bits per heavy atom. The van der Waals surface area contributed by atoms with Crippen molar-refractivity contribution in [3.63, 3.8) is 0 Å². The maximum Gasteiger partial charge on any atom is 0.330 e. The fourth-order valence-corrected chi connectivity index (χ4v) is 3.65. The number of Topliss-reactive ketones (excluding diaryl/α,β-unsaturated/α-hetero) is 1. The number of rotatable bonds is 3. The average Bonchev–Trinajstić information content (AvgIpc) is 2.62. The van der Waals surface area contributed by atoms with Crippen LogP contribution in [-0.2, 0) is 23.8 Å². The quantitative estimate of drug-likeness (QED) is 0.544. The van der Waals surface area contributed by atoms with Gasteiger partial charge in [0.15, 0.2) is 0 Å². The van der Waals surface area contributed by atoms with Crippen LogP contribution < -0.4 is 0 Å². The first-order valence-electron chi connectivity index (χ1n) is 9.83. The molecule has 27 heavy (non-hydrogen) atoms. The second kappa shape index (κ2) is 11.4. The number of methoxy groups -OCH3 is 2. The van der Waals surface area contributed by atoms with Gasteiger partial charge < -0.3 is 14.2 Å². The number of hydrogen-bond acceptors (Lipinski definition) is 5. The molecule has 4 atom stereocenters. The maximum absolute atomic E-state index is 13.0. The van der Waals surface area contributed by atoms with Crippen molar-refractivity contribution in [1.82, 2.24) is 0 Å². The molecule has 4 unspecified atom stereocenters. The third kappa shape index (κ3) is 7.59. The van der Waals surface area contributed by atoms with Gasteiger partial charge in [-0.15, -0.1) is 0 Å². The van der Waals surface area contributed by atoms with E-state index in [0.29, 0.717) is 13.0 Å². The fraction of sp³-hybridized carbons (Fsp3) is 0.727. The lowest BCUT2D eigenvalue weighted by Gasteiger charge is -2.32. The van der Waals surface area contributed by atoms with Gasteiger partial charge in [-0.05, 0) is 39.0 Å². The molecule has 1 aliphatic heterocycles. The Morgan fingerprint density at radius 1 is 1.19 bits per heavy atom. The fourth-order valence-electron chi connectivity index (χ4n) is 3.65. The van der Waals surface area contributed by atoms with Crippen molar-refractivity contribution in [2.75, 3.05) is 20.8 Å². The minimum atomic E-state index is -0.775. The maximum atomic E-state index is 13.0. The van der Waals surface area contributed by atoms with E-state index in [1.54, 1.807) is 20.3 Å². The number of ketones is 1. The van der Waals surface area contributed by atoms with Gasteiger partial charge >= 0.3 is 5.97 Å². The van der Waals surface area contributed by atoms with Gasteiger partial charge in [0.05, 0.1) is 12.7 Å². The van der Waals surface area contributed by atoms with Gasteiger partial charge in [-0.2, -0.15) is 0 Å². The summed E-state index contributed by atoms with van der Waals surface area (Å²) in [7, 11) is 3.25. The van der Waals surface area contributed by atoms with E-state index in [1.165, 1.54) is 6.08 Å². The summed E-state index contributed by atoms with van der Waals surface area (Å²) in [5.74, 6) is -0.375. The van der Waals surface area contributed by atoms with E-state index in [9.17, 15) is 9.59 Å². The molecule has 0 amide bonds. The van der Waals surface area contributed by atoms with E-state index < -0.39 is 11.4 Å².